The number of furan rings is 1. The topological polar surface area (TPSA) is 81.3 Å². The SMILES string of the molecule is O=C(Nc1ccc(OC(F)(F)F)cc1)c1cnn2c1N[C@H](c1ccco1)C[C@@H]2C(F)(F)F. The Kier molecular flexibility index (Phi) is 5.26. The first-order chi connectivity index (χ1) is 15.0. The molecule has 0 fully saturated rings. The van der Waals surface area contributed by atoms with Gasteiger partial charge in [0.15, 0.2) is 6.04 Å². The molecule has 2 aromatic heterocycles. The van der Waals surface area contributed by atoms with E-state index in [0.29, 0.717) is 4.68 Å². The fourth-order valence-electron chi connectivity index (χ4n) is 3.34. The molecule has 0 saturated heterocycles. The van der Waals surface area contributed by atoms with E-state index in [-0.39, 0.29) is 22.8 Å². The van der Waals surface area contributed by atoms with Crippen LogP contribution in [0.1, 0.15) is 34.6 Å². The number of benzene rings is 1. The molecule has 3 heterocycles. The maximum atomic E-state index is 13.6. The molecule has 4 rings (SSSR count). The maximum absolute atomic E-state index is 13.6. The third-order valence-electron chi connectivity index (χ3n) is 4.72. The van der Waals surface area contributed by atoms with E-state index >= 15 is 0 Å². The van der Waals surface area contributed by atoms with E-state index in [1.807, 2.05) is 0 Å². The number of anilines is 2. The Morgan fingerprint density at radius 3 is 2.47 bits per heavy atom. The van der Waals surface area contributed by atoms with Crippen LogP contribution in [-0.4, -0.2) is 28.2 Å². The van der Waals surface area contributed by atoms with Gasteiger partial charge < -0.3 is 19.8 Å². The predicted octanol–water partition coefficient (Wildman–Crippen LogP) is 5.29. The molecule has 1 aliphatic rings. The van der Waals surface area contributed by atoms with Gasteiger partial charge in [-0.3, -0.25) is 4.79 Å². The number of nitrogens with one attached hydrogen (secondary N) is 2. The van der Waals surface area contributed by atoms with Crippen molar-refractivity contribution in [3.05, 3.63) is 60.2 Å². The van der Waals surface area contributed by atoms with E-state index < -0.39 is 42.7 Å². The summed E-state index contributed by atoms with van der Waals surface area (Å²) in [6, 6.07) is 4.50. The third kappa shape index (κ3) is 4.50. The third-order valence-corrected chi connectivity index (χ3v) is 4.72. The molecule has 32 heavy (non-hydrogen) atoms. The molecule has 0 bridgehead atoms. The number of halogens is 6. The Labute approximate surface area is 175 Å². The second-order valence-electron chi connectivity index (χ2n) is 6.88. The number of nitrogens with zero attached hydrogens (tertiary/aromatic N) is 2. The summed E-state index contributed by atoms with van der Waals surface area (Å²) in [5.74, 6) is -1.19. The van der Waals surface area contributed by atoms with Crippen molar-refractivity contribution < 1.29 is 40.3 Å². The Morgan fingerprint density at radius 2 is 1.88 bits per heavy atom. The second-order valence-corrected chi connectivity index (χ2v) is 6.88. The summed E-state index contributed by atoms with van der Waals surface area (Å²) in [6.45, 7) is 0. The predicted molar refractivity (Wildman–Crippen MR) is 98.1 cm³/mol. The van der Waals surface area contributed by atoms with Crippen molar-refractivity contribution in [3.63, 3.8) is 0 Å². The van der Waals surface area contributed by atoms with Crippen molar-refractivity contribution in [2.75, 3.05) is 10.6 Å². The average Bonchev–Trinajstić information content (AvgIpc) is 3.36. The number of hydrogen-bond acceptors (Lipinski definition) is 5. The largest absolute Gasteiger partial charge is 0.573 e. The molecule has 0 radical (unpaired) electrons. The minimum absolute atomic E-state index is 0.107. The molecule has 1 aromatic carbocycles. The van der Waals surface area contributed by atoms with Crippen molar-refractivity contribution >= 4 is 17.4 Å². The molecule has 0 aliphatic carbocycles. The van der Waals surface area contributed by atoms with Gasteiger partial charge >= 0.3 is 12.5 Å². The summed E-state index contributed by atoms with van der Waals surface area (Å²) in [5, 5.41) is 9.00. The average molecular weight is 460 g/mol. The van der Waals surface area contributed by atoms with Crippen LogP contribution in [0.5, 0.6) is 5.75 Å². The number of carbonyl (C=O) groups is 1. The van der Waals surface area contributed by atoms with Gasteiger partial charge in [0.1, 0.15) is 22.9 Å². The minimum atomic E-state index is -4.87. The lowest BCUT2D eigenvalue weighted by molar-refractivity contribution is -0.274. The standard InChI is InChI=1S/C19H14F6N4O3/c20-18(21,22)15-8-13(14-2-1-7-31-14)28-16-12(9-26-29(15)16)17(30)27-10-3-5-11(6-4-10)32-19(23,24)25/h1-7,9,13,15,28H,8H2,(H,27,30)/t13-,15+/m0/s1. The van der Waals surface area contributed by atoms with E-state index in [0.717, 1.165) is 30.5 Å². The Bertz CT molecular complexity index is 1090. The van der Waals surface area contributed by atoms with Gasteiger partial charge in [-0.1, -0.05) is 0 Å². The zero-order valence-corrected chi connectivity index (χ0v) is 15.9. The van der Waals surface area contributed by atoms with E-state index in [4.69, 9.17) is 4.42 Å². The maximum Gasteiger partial charge on any atom is 0.573 e. The van der Waals surface area contributed by atoms with Gasteiger partial charge in [-0.2, -0.15) is 18.3 Å². The number of amides is 1. The van der Waals surface area contributed by atoms with E-state index in [1.54, 1.807) is 0 Å². The van der Waals surface area contributed by atoms with Crippen LogP contribution in [0, 0.1) is 0 Å². The lowest BCUT2D eigenvalue weighted by Gasteiger charge is -2.32. The highest BCUT2D eigenvalue weighted by atomic mass is 19.4. The number of alkyl halides is 6. The van der Waals surface area contributed by atoms with Crippen LogP contribution < -0.4 is 15.4 Å². The molecule has 7 nitrogen and oxygen atoms in total. The summed E-state index contributed by atoms with van der Waals surface area (Å²) in [5.41, 5.74) is -0.0682. The molecule has 0 spiro atoms. The lowest BCUT2D eigenvalue weighted by atomic mass is 10.0. The first-order valence-corrected chi connectivity index (χ1v) is 9.12. The van der Waals surface area contributed by atoms with Crippen LogP contribution in [0.4, 0.5) is 37.8 Å². The molecule has 0 unspecified atom stereocenters. The van der Waals surface area contributed by atoms with Gasteiger partial charge in [0, 0.05) is 12.1 Å². The van der Waals surface area contributed by atoms with Crippen LogP contribution in [0.2, 0.25) is 0 Å². The van der Waals surface area contributed by atoms with Gasteiger partial charge in [0.25, 0.3) is 5.91 Å². The number of carbonyl (C=O) groups excluding carboxylic acids is 1. The van der Waals surface area contributed by atoms with Gasteiger partial charge in [-0.05, 0) is 36.4 Å². The molecule has 2 N–H and O–H groups in total. The van der Waals surface area contributed by atoms with Gasteiger partial charge in [0.05, 0.1) is 18.5 Å². The first-order valence-electron chi connectivity index (χ1n) is 9.12. The van der Waals surface area contributed by atoms with Gasteiger partial charge in [-0.15, -0.1) is 13.2 Å². The number of hydrogen-bond donors (Lipinski definition) is 2. The summed E-state index contributed by atoms with van der Waals surface area (Å²) >= 11 is 0. The molecule has 1 aliphatic heterocycles. The Morgan fingerprint density at radius 1 is 1.16 bits per heavy atom. The fraction of sp³-hybridized carbons (Fsp3) is 0.263. The summed E-state index contributed by atoms with van der Waals surface area (Å²) < 4.78 is 87.3. The normalized spacial score (nSPS) is 18.6. The zero-order chi connectivity index (χ0) is 23.1. The highest BCUT2D eigenvalue weighted by Gasteiger charge is 2.47. The summed E-state index contributed by atoms with van der Waals surface area (Å²) in [7, 11) is 0. The van der Waals surface area contributed by atoms with Crippen molar-refractivity contribution in [2.24, 2.45) is 0 Å². The molecular formula is C19H14F6N4O3. The van der Waals surface area contributed by atoms with E-state index in [9.17, 15) is 31.1 Å². The Hall–Kier alpha value is -3.64. The molecule has 3 aromatic rings. The van der Waals surface area contributed by atoms with E-state index in [2.05, 4.69) is 20.5 Å². The highest BCUT2D eigenvalue weighted by molar-refractivity contribution is 6.07. The molecule has 0 saturated carbocycles. The minimum Gasteiger partial charge on any atom is -0.467 e. The van der Waals surface area contributed by atoms with Crippen LogP contribution in [0.25, 0.3) is 0 Å². The number of rotatable bonds is 4. The smallest absolute Gasteiger partial charge is 0.467 e. The van der Waals surface area contributed by atoms with Crippen LogP contribution in [0.3, 0.4) is 0 Å². The second kappa shape index (κ2) is 7.80. The molecule has 170 valence electrons. The molecule has 1 amide bonds. The molecule has 2 atom stereocenters. The van der Waals surface area contributed by atoms with Crippen LogP contribution in [0.15, 0.2) is 53.3 Å². The van der Waals surface area contributed by atoms with Gasteiger partial charge in [-0.25, -0.2) is 4.68 Å². The summed E-state index contributed by atoms with van der Waals surface area (Å²) in [4.78, 5) is 12.7. The zero-order valence-electron chi connectivity index (χ0n) is 15.9. The molecule has 13 heteroatoms. The quantitative estimate of drug-likeness (QED) is 0.518. The van der Waals surface area contributed by atoms with Crippen molar-refractivity contribution in [2.45, 2.75) is 31.0 Å². The van der Waals surface area contributed by atoms with Crippen LogP contribution in [-0.2, 0) is 0 Å². The number of aromatic nitrogens is 2. The Balaban J connectivity index is 1.58. The van der Waals surface area contributed by atoms with Crippen molar-refractivity contribution in [3.8, 4) is 5.75 Å². The van der Waals surface area contributed by atoms with Crippen molar-refractivity contribution in [1.29, 1.82) is 0 Å². The van der Waals surface area contributed by atoms with Gasteiger partial charge in [0.2, 0.25) is 0 Å². The van der Waals surface area contributed by atoms with Crippen LogP contribution >= 0.6 is 0 Å². The summed E-state index contributed by atoms with van der Waals surface area (Å²) in [6.07, 6.45) is -7.58. The number of fused-ring (bicyclic) bond motifs is 1. The molecular weight excluding hydrogens is 446 g/mol. The van der Waals surface area contributed by atoms with Crippen molar-refractivity contribution in [1.82, 2.24) is 9.78 Å². The lowest BCUT2D eigenvalue weighted by Crippen LogP contribution is -2.36. The first kappa shape index (κ1) is 21.6. The highest BCUT2D eigenvalue weighted by Crippen LogP contribution is 2.44. The van der Waals surface area contributed by atoms with E-state index in [1.165, 1.54) is 18.4 Å². The number of ether oxygens (including phenoxy) is 1. The monoisotopic (exact) mass is 460 g/mol. The fourth-order valence-corrected chi connectivity index (χ4v) is 3.34.